The van der Waals surface area contributed by atoms with Gasteiger partial charge in [-0.15, -0.1) is 0 Å². The van der Waals surface area contributed by atoms with Crippen LogP contribution in [0.2, 0.25) is 0 Å². The third-order valence-corrected chi connectivity index (χ3v) is 7.04. The number of hydrogen-bond acceptors (Lipinski definition) is 7. The Hall–Kier alpha value is -6.20. The fourth-order valence-electron chi connectivity index (χ4n) is 4.61. The number of amides is 4. The first-order chi connectivity index (χ1) is 23.4. The number of hydrogen-bond donors (Lipinski definition) is 4. The van der Waals surface area contributed by atoms with E-state index in [9.17, 15) is 19.2 Å². The smallest absolute Gasteiger partial charge is 0.267 e. The Morgan fingerprint density at radius 2 is 1.17 bits per heavy atom. The van der Waals surface area contributed by atoms with Crippen molar-refractivity contribution in [1.82, 2.24) is 21.3 Å². The van der Waals surface area contributed by atoms with Gasteiger partial charge in [0, 0.05) is 24.2 Å². The summed E-state index contributed by atoms with van der Waals surface area (Å²) in [6.07, 6.45) is 3.11. The molecule has 0 radical (unpaired) electrons. The standard InChI is InChI=1S/C37H34N4O7/c1-46-32-17-14-26-23-31(41-35(43)28-10-6-3-7-11-28)37(45)39-19-21-47-20-18-38-36(44)30(40-34(42)27-8-4-2-5-9-27)22-25-12-15-29(16-13-25)48-33(32)24-26/h2-17,22-24H,18-21H2,1H3,(H,38,44)(H,39,45)(H,40,42)(H,41,43)/b30-22-,31-23-. The normalized spacial score (nSPS) is 16.3. The molecule has 11 heteroatoms. The number of benzene rings is 4. The molecule has 0 fully saturated rings. The van der Waals surface area contributed by atoms with Gasteiger partial charge < -0.3 is 35.5 Å². The van der Waals surface area contributed by atoms with E-state index in [1.807, 2.05) is 0 Å². The van der Waals surface area contributed by atoms with Crippen LogP contribution in [0.4, 0.5) is 0 Å². The zero-order valence-electron chi connectivity index (χ0n) is 26.2. The van der Waals surface area contributed by atoms with E-state index in [1.165, 1.54) is 7.11 Å². The fourth-order valence-corrected chi connectivity index (χ4v) is 4.61. The van der Waals surface area contributed by atoms with E-state index in [1.54, 1.807) is 115 Å². The van der Waals surface area contributed by atoms with Gasteiger partial charge in [0.25, 0.3) is 23.6 Å². The molecule has 0 saturated heterocycles. The van der Waals surface area contributed by atoms with Crippen LogP contribution in [0.15, 0.2) is 115 Å². The van der Waals surface area contributed by atoms with Crippen LogP contribution in [0.3, 0.4) is 0 Å². The van der Waals surface area contributed by atoms with Gasteiger partial charge in [-0.1, -0.05) is 54.6 Å². The van der Waals surface area contributed by atoms with E-state index in [-0.39, 0.29) is 37.7 Å². The van der Waals surface area contributed by atoms with Gasteiger partial charge in [0.05, 0.1) is 20.3 Å². The van der Waals surface area contributed by atoms with Gasteiger partial charge in [-0.05, 0) is 71.8 Å². The largest absolute Gasteiger partial charge is 0.493 e. The van der Waals surface area contributed by atoms with Crippen LogP contribution in [0.5, 0.6) is 17.2 Å². The third kappa shape index (κ3) is 9.18. The van der Waals surface area contributed by atoms with Crippen molar-refractivity contribution in [1.29, 1.82) is 0 Å². The molecule has 48 heavy (non-hydrogen) atoms. The van der Waals surface area contributed by atoms with Crippen LogP contribution >= 0.6 is 0 Å². The number of rotatable bonds is 5. The summed E-state index contributed by atoms with van der Waals surface area (Å²) in [5, 5.41) is 10.9. The van der Waals surface area contributed by atoms with Crippen molar-refractivity contribution in [2.75, 3.05) is 33.4 Å². The second-order valence-corrected chi connectivity index (χ2v) is 10.5. The molecule has 0 unspecified atom stereocenters. The van der Waals surface area contributed by atoms with Crippen LogP contribution in [-0.2, 0) is 14.3 Å². The number of nitrogens with one attached hydrogen (secondary N) is 4. The maximum absolute atomic E-state index is 13.3. The highest BCUT2D eigenvalue weighted by atomic mass is 16.5. The highest BCUT2D eigenvalue weighted by Gasteiger charge is 2.17. The van der Waals surface area contributed by atoms with Gasteiger partial charge in [0.2, 0.25) is 0 Å². The van der Waals surface area contributed by atoms with Crippen molar-refractivity contribution < 1.29 is 33.4 Å². The molecule has 0 aromatic heterocycles. The number of methoxy groups -OCH3 is 1. The zero-order chi connectivity index (χ0) is 33.7. The molecule has 11 nitrogen and oxygen atoms in total. The Morgan fingerprint density at radius 3 is 1.69 bits per heavy atom. The topological polar surface area (TPSA) is 144 Å². The summed E-state index contributed by atoms with van der Waals surface area (Å²) in [4.78, 5) is 52.3. The number of carbonyl (C=O) groups is 4. The predicted octanol–water partition coefficient (Wildman–Crippen LogP) is 4.29. The molecule has 0 saturated carbocycles. The summed E-state index contributed by atoms with van der Waals surface area (Å²) in [5.41, 5.74) is 2.04. The molecule has 6 rings (SSSR count). The highest BCUT2D eigenvalue weighted by molar-refractivity contribution is 6.06. The van der Waals surface area contributed by atoms with Crippen molar-refractivity contribution >= 4 is 35.8 Å². The van der Waals surface area contributed by atoms with E-state index in [0.717, 1.165) is 0 Å². The molecule has 0 spiro atoms. The molecular weight excluding hydrogens is 612 g/mol. The predicted molar refractivity (Wildman–Crippen MR) is 180 cm³/mol. The Kier molecular flexibility index (Phi) is 11.3. The lowest BCUT2D eigenvalue weighted by atomic mass is 10.1. The molecular formula is C37H34N4O7. The third-order valence-electron chi connectivity index (χ3n) is 7.04. The summed E-state index contributed by atoms with van der Waals surface area (Å²) >= 11 is 0. The molecule has 4 amide bonds. The molecule has 244 valence electrons. The quantitative estimate of drug-likeness (QED) is 0.237. The molecule has 2 aliphatic rings. The van der Waals surface area contributed by atoms with Crippen LogP contribution in [0, 0.1) is 0 Å². The van der Waals surface area contributed by atoms with E-state index < -0.39 is 23.6 Å². The SMILES string of the molecule is COc1ccc2cc1Oc1ccc(cc1)/C=C(\NC(=O)c1ccccc1)C(=O)NCCOCCNC(=O)/C(NC(=O)c1ccccc1)=C/2. The van der Waals surface area contributed by atoms with Gasteiger partial charge >= 0.3 is 0 Å². The lowest BCUT2D eigenvalue weighted by molar-refractivity contribution is -0.118. The van der Waals surface area contributed by atoms with Crippen molar-refractivity contribution in [3.8, 4) is 17.2 Å². The van der Waals surface area contributed by atoms with Gasteiger partial charge in [0.1, 0.15) is 17.1 Å². The zero-order valence-corrected chi connectivity index (χ0v) is 26.2. The summed E-state index contributed by atoms with van der Waals surface area (Å²) in [6, 6.07) is 29.1. The fraction of sp³-hybridized carbons (Fsp3) is 0.135. The molecule has 2 heterocycles. The van der Waals surface area contributed by atoms with Crippen LogP contribution < -0.4 is 30.7 Å². The van der Waals surface area contributed by atoms with Crippen LogP contribution in [0.1, 0.15) is 31.8 Å². The van der Waals surface area contributed by atoms with Crippen molar-refractivity contribution in [3.05, 3.63) is 137 Å². The number of fused-ring (bicyclic) bond motifs is 12. The maximum atomic E-state index is 13.3. The average Bonchev–Trinajstić information content (AvgIpc) is 3.11. The maximum Gasteiger partial charge on any atom is 0.267 e. The van der Waals surface area contributed by atoms with Gasteiger partial charge in [-0.25, -0.2) is 0 Å². The number of ether oxygens (including phenoxy) is 3. The van der Waals surface area contributed by atoms with E-state index in [4.69, 9.17) is 14.2 Å². The minimum Gasteiger partial charge on any atom is -0.493 e. The molecule has 4 aromatic rings. The minimum atomic E-state index is -0.528. The van der Waals surface area contributed by atoms with Gasteiger partial charge in [-0.3, -0.25) is 19.2 Å². The second kappa shape index (κ2) is 16.4. The van der Waals surface area contributed by atoms with E-state index >= 15 is 0 Å². The van der Waals surface area contributed by atoms with Gasteiger partial charge in [0.15, 0.2) is 11.5 Å². The van der Waals surface area contributed by atoms with Gasteiger partial charge in [-0.2, -0.15) is 0 Å². The molecule has 4 aromatic carbocycles. The molecule has 4 bridgehead atoms. The number of carbonyl (C=O) groups excluding carboxylic acids is 4. The summed E-state index contributed by atoms with van der Waals surface area (Å²) < 4.78 is 17.3. The first-order valence-electron chi connectivity index (χ1n) is 15.2. The minimum absolute atomic E-state index is 0.0126. The second-order valence-electron chi connectivity index (χ2n) is 10.5. The summed E-state index contributed by atoms with van der Waals surface area (Å²) in [6.45, 7) is 0.569. The lowest BCUT2D eigenvalue weighted by Crippen LogP contribution is -2.37. The Balaban J connectivity index is 1.45. The Morgan fingerprint density at radius 1 is 0.667 bits per heavy atom. The first-order valence-corrected chi connectivity index (χ1v) is 15.2. The summed E-state index contributed by atoms with van der Waals surface area (Å²) in [7, 11) is 1.51. The highest BCUT2D eigenvalue weighted by Crippen LogP contribution is 2.33. The van der Waals surface area contributed by atoms with Crippen molar-refractivity contribution in [2.24, 2.45) is 0 Å². The lowest BCUT2D eigenvalue weighted by Gasteiger charge is -2.13. The molecule has 4 N–H and O–H groups in total. The van der Waals surface area contributed by atoms with E-state index in [2.05, 4.69) is 21.3 Å². The van der Waals surface area contributed by atoms with Crippen molar-refractivity contribution in [3.63, 3.8) is 0 Å². The summed E-state index contributed by atoms with van der Waals surface area (Å²) in [5.74, 6) is -0.661. The van der Waals surface area contributed by atoms with Crippen molar-refractivity contribution in [2.45, 2.75) is 0 Å². The van der Waals surface area contributed by atoms with Crippen LogP contribution in [0.25, 0.3) is 12.2 Å². The Bertz CT molecular complexity index is 1820. The van der Waals surface area contributed by atoms with E-state index in [0.29, 0.717) is 39.5 Å². The monoisotopic (exact) mass is 646 g/mol. The first kappa shape index (κ1) is 33.2. The molecule has 0 atom stereocenters. The Labute approximate surface area is 277 Å². The molecule has 2 aliphatic heterocycles. The van der Waals surface area contributed by atoms with Crippen LogP contribution in [-0.4, -0.2) is 57.0 Å². The average molecular weight is 647 g/mol. The molecule has 0 aliphatic carbocycles.